The van der Waals surface area contributed by atoms with Crippen LogP contribution < -0.4 is 4.74 Å². The van der Waals surface area contributed by atoms with E-state index >= 15 is 0 Å². The molecule has 0 N–H and O–H groups in total. The largest absolute Gasteiger partial charge is 0.497 e. The van der Waals surface area contributed by atoms with Gasteiger partial charge in [-0.15, -0.1) is 0 Å². The molecule has 4 rings (SSSR count). The van der Waals surface area contributed by atoms with Crippen molar-refractivity contribution in [3.8, 4) is 5.75 Å². The average molecular weight is 431 g/mol. The highest BCUT2D eigenvalue weighted by Gasteiger charge is 2.33. The second-order valence-corrected chi connectivity index (χ2v) is 10.8. The van der Waals surface area contributed by atoms with Gasteiger partial charge in [0, 0.05) is 29.0 Å². The SMILES string of the molecule is COc1cccc(C2CCCN2CC(=O)c2cc(C)n(C3CCS(=O)(=O)C3)c2C)c1. The molecule has 1 aromatic carbocycles. The van der Waals surface area contributed by atoms with Crippen molar-refractivity contribution < 1.29 is 17.9 Å². The number of carbonyl (C=O) groups is 1. The predicted molar refractivity (Wildman–Crippen MR) is 117 cm³/mol. The second kappa shape index (κ2) is 8.19. The van der Waals surface area contributed by atoms with Gasteiger partial charge in [0.15, 0.2) is 15.6 Å². The van der Waals surface area contributed by atoms with Crippen LogP contribution in [0.15, 0.2) is 30.3 Å². The molecule has 7 heteroatoms. The number of rotatable bonds is 6. The van der Waals surface area contributed by atoms with Crippen LogP contribution in [0.3, 0.4) is 0 Å². The number of benzene rings is 1. The van der Waals surface area contributed by atoms with E-state index in [9.17, 15) is 13.2 Å². The second-order valence-electron chi connectivity index (χ2n) is 8.54. The number of aryl methyl sites for hydroxylation is 1. The van der Waals surface area contributed by atoms with Crippen molar-refractivity contribution in [3.63, 3.8) is 0 Å². The number of methoxy groups -OCH3 is 1. The molecule has 2 aromatic rings. The van der Waals surface area contributed by atoms with Crippen LogP contribution in [-0.4, -0.2) is 55.4 Å². The predicted octanol–water partition coefficient (Wildman–Crippen LogP) is 3.49. The van der Waals surface area contributed by atoms with Gasteiger partial charge in [-0.25, -0.2) is 8.42 Å². The van der Waals surface area contributed by atoms with Gasteiger partial charge < -0.3 is 9.30 Å². The monoisotopic (exact) mass is 430 g/mol. The molecule has 3 heterocycles. The van der Waals surface area contributed by atoms with Crippen molar-refractivity contribution in [1.82, 2.24) is 9.47 Å². The van der Waals surface area contributed by atoms with Crippen molar-refractivity contribution in [2.24, 2.45) is 0 Å². The van der Waals surface area contributed by atoms with Crippen molar-refractivity contribution in [1.29, 1.82) is 0 Å². The molecule has 0 spiro atoms. The Kier molecular flexibility index (Phi) is 5.77. The van der Waals surface area contributed by atoms with Gasteiger partial charge in [-0.3, -0.25) is 9.69 Å². The van der Waals surface area contributed by atoms with Crippen LogP contribution in [0.1, 0.15) is 58.7 Å². The molecule has 6 nitrogen and oxygen atoms in total. The van der Waals surface area contributed by atoms with Crippen molar-refractivity contribution in [2.75, 3.05) is 31.7 Å². The van der Waals surface area contributed by atoms with E-state index in [0.717, 1.165) is 36.5 Å². The molecule has 2 aliphatic rings. The van der Waals surface area contributed by atoms with E-state index in [2.05, 4.69) is 21.6 Å². The van der Waals surface area contributed by atoms with Gasteiger partial charge in [0.2, 0.25) is 0 Å². The summed E-state index contributed by atoms with van der Waals surface area (Å²) in [4.78, 5) is 15.5. The van der Waals surface area contributed by atoms with Crippen molar-refractivity contribution >= 4 is 15.6 Å². The summed E-state index contributed by atoms with van der Waals surface area (Å²) in [6.07, 6.45) is 2.71. The first-order valence-electron chi connectivity index (χ1n) is 10.6. The summed E-state index contributed by atoms with van der Waals surface area (Å²) in [5.41, 5.74) is 3.75. The Labute approximate surface area is 178 Å². The third kappa shape index (κ3) is 4.05. The smallest absolute Gasteiger partial charge is 0.178 e. The quantitative estimate of drug-likeness (QED) is 0.656. The van der Waals surface area contributed by atoms with Gasteiger partial charge in [0.1, 0.15) is 5.75 Å². The molecule has 0 saturated carbocycles. The van der Waals surface area contributed by atoms with Crippen LogP contribution in [0.25, 0.3) is 0 Å². The number of likely N-dealkylation sites (tertiary alicyclic amines) is 1. The van der Waals surface area contributed by atoms with E-state index in [4.69, 9.17) is 4.74 Å². The fourth-order valence-electron chi connectivity index (χ4n) is 5.11. The maximum absolute atomic E-state index is 13.2. The minimum Gasteiger partial charge on any atom is -0.497 e. The molecule has 1 aromatic heterocycles. The molecule has 30 heavy (non-hydrogen) atoms. The maximum Gasteiger partial charge on any atom is 0.178 e. The number of ketones is 1. The summed E-state index contributed by atoms with van der Waals surface area (Å²) in [6, 6.07) is 10.2. The Hall–Kier alpha value is -2.12. The summed E-state index contributed by atoms with van der Waals surface area (Å²) in [5.74, 6) is 1.33. The fourth-order valence-corrected chi connectivity index (χ4v) is 6.81. The highest BCUT2D eigenvalue weighted by Crippen LogP contribution is 2.34. The first-order chi connectivity index (χ1) is 14.3. The highest BCUT2D eigenvalue weighted by atomic mass is 32.2. The van der Waals surface area contributed by atoms with Crippen LogP contribution in [0.4, 0.5) is 0 Å². The Bertz CT molecular complexity index is 1060. The summed E-state index contributed by atoms with van der Waals surface area (Å²) in [7, 11) is -1.31. The van der Waals surface area contributed by atoms with Crippen LogP contribution in [0.5, 0.6) is 5.75 Å². The molecule has 0 aliphatic carbocycles. The van der Waals surface area contributed by atoms with Gasteiger partial charge in [0.25, 0.3) is 0 Å². The standard InChI is InChI=1S/C23H30N2O4S/c1-16-12-21(17(2)25(16)19-9-11-30(27,28)15-19)23(26)14-24-10-5-8-22(24)18-6-4-7-20(13-18)29-3/h4,6-7,12-13,19,22H,5,8-11,14-15H2,1-3H3. The molecular weight excluding hydrogens is 400 g/mol. The van der Waals surface area contributed by atoms with Crippen LogP contribution in [0.2, 0.25) is 0 Å². The number of carbonyl (C=O) groups excluding carboxylic acids is 1. The van der Waals surface area contributed by atoms with Gasteiger partial charge in [-0.1, -0.05) is 12.1 Å². The number of Topliss-reactive ketones (excluding diaryl/α,β-unsaturated/α-hetero) is 1. The molecule has 2 aliphatic heterocycles. The molecular formula is C23H30N2O4S. The van der Waals surface area contributed by atoms with E-state index in [0.29, 0.717) is 18.5 Å². The van der Waals surface area contributed by atoms with E-state index in [1.165, 1.54) is 5.56 Å². The molecule has 2 saturated heterocycles. The highest BCUT2D eigenvalue weighted by molar-refractivity contribution is 7.91. The topological polar surface area (TPSA) is 68.6 Å². The average Bonchev–Trinajstić information content (AvgIpc) is 3.39. The molecule has 0 radical (unpaired) electrons. The minimum absolute atomic E-state index is 0.0622. The number of sulfone groups is 1. The van der Waals surface area contributed by atoms with Crippen LogP contribution in [0, 0.1) is 13.8 Å². The lowest BCUT2D eigenvalue weighted by molar-refractivity contribution is 0.0921. The number of nitrogens with zero attached hydrogens (tertiary/aromatic N) is 2. The third-order valence-electron chi connectivity index (χ3n) is 6.55. The summed E-state index contributed by atoms with van der Waals surface area (Å²) in [5, 5.41) is 0. The zero-order chi connectivity index (χ0) is 21.5. The summed E-state index contributed by atoms with van der Waals surface area (Å²) >= 11 is 0. The van der Waals surface area contributed by atoms with E-state index in [1.54, 1.807) is 7.11 Å². The molecule has 2 atom stereocenters. The Morgan fingerprint density at radius 1 is 1.20 bits per heavy atom. The van der Waals surface area contributed by atoms with Crippen LogP contribution >= 0.6 is 0 Å². The number of aromatic nitrogens is 1. The van der Waals surface area contributed by atoms with Gasteiger partial charge in [-0.05, 0) is 63.4 Å². The van der Waals surface area contributed by atoms with E-state index in [-0.39, 0.29) is 29.4 Å². The molecule has 162 valence electrons. The molecule has 0 amide bonds. The lowest BCUT2D eigenvalue weighted by Gasteiger charge is -2.24. The zero-order valence-corrected chi connectivity index (χ0v) is 18.7. The van der Waals surface area contributed by atoms with Gasteiger partial charge >= 0.3 is 0 Å². The first-order valence-corrected chi connectivity index (χ1v) is 12.4. The molecule has 2 unspecified atom stereocenters. The third-order valence-corrected chi connectivity index (χ3v) is 8.30. The fraction of sp³-hybridized carbons (Fsp3) is 0.522. The Balaban J connectivity index is 1.53. The maximum atomic E-state index is 13.2. The minimum atomic E-state index is -2.97. The number of hydrogen-bond donors (Lipinski definition) is 0. The number of ether oxygens (including phenoxy) is 1. The van der Waals surface area contributed by atoms with Crippen molar-refractivity contribution in [2.45, 2.75) is 45.2 Å². The molecule has 2 fully saturated rings. The lowest BCUT2D eigenvalue weighted by Crippen LogP contribution is -2.30. The summed E-state index contributed by atoms with van der Waals surface area (Å²) in [6.45, 7) is 5.17. The van der Waals surface area contributed by atoms with Gasteiger partial charge in [-0.2, -0.15) is 0 Å². The van der Waals surface area contributed by atoms with Crippen molar-refractivity contribution in [3.05, 3.63) is 52.8 Å². The Morgan fingerprint density at radius 2 is 2.00 bits per heavy atom. The lowest BCUT2D eigenvalue weighted by atomic mass is 10.0. The molecule has 0 bridgehead atoms. The van der Waals surface area contributed by atoms with Gasteiger partial charge in [0.05, 0.1) is 25.2 Å². The normalized spacial score (nSPS) is 23.7. The van der Waals surface area contributed by atoms with Crippen LogP contribution in [-0.2, 0) is 9.84 Å². The first kappa shape index (κ1) is 21.1. The van der Waals surface area contributed by atoms with E-state index < -0.39 is 9.84 Å². The summed E-state index contributed by atoms with van der Waals surface area (Å²) < 4.78 is 31.3. The Morgan fingerprint density at radius 3 is 2.70 bits per heavy atom. The van der Waals surface area contributed by atoms with E-state index in [1.807, 2.05) is 32.0 Å². The number of hydrogen-bond acceptors (Lipinski definition) is 5. The zero-order valence-electron chi connectivity index (χ0n) is 17.9.